The van der Waals surface area contributed by atoms with Gasteiger partial charge >= 0.3 is 0 Å². The van der Waals surface area contributed by atoms with E-state index in [1.54, 1.807) is 0 Å². The summed E-state index contributed by atoms with van der Waals surface area (Å²) >= 11 is 0. The Bertz CT molecular complexity index is 326. The van der Waals surface area contributed by atoms with Crippen LogP contribution in [0.15, 0.2) is 4.99 Å². The monoisotopic (exact) mass is 397 g/mol. The molecule has 5 nitrogen and oxygen atoms in total. The third-order valence-electron chi connectivity index (χ3n) is 4.09. The van der Waals surface area contributed by atoms with Crippen molar-refractivity contribution in [2.24, 2.45) is 4.99 Å². The summed E-state index contributed by atoms with van der Waals surface area (Å²) < 4.78 is 5.75. The van der Waals surface area contributed by atoms with Gasteiger partial charge in [0.25, 0.3) is 0 Å². The van der Waals surface area contributed by atoms with Gasteiger partial charge in [-0.3, -0.25) is 4.99 Å². The second-order valence-corrected chi connectivity index (χ2v) is 6.03. The quantitative estimate of drug-likeness (QED) is 0.375. The van der Waals surface area contributed by atoms with Crippen LogP contribution in [0.2, 0.25) is 0 Å². The maximum Gasteiger partial charge on any atom is 0.191 e. The average molecular weight is 397 g/mol. The maximum atomic E-state index is 10.1. The topological polar surface area (TPSA) is 65.9 Å². The molecule has 20 heavy (non-hydrogen) atoms. The van der Waals surface area contributed by atoms with Crippen molar-refractivity contribution < 1.29 is 9.84 Å². The van der Waals surface area contributed by atoms with E-state index in [0.29, 0.717) is 6.54 Å². The van der Waals surface area contributed by atoms with Crippen molar-refractivity contribution in [2.75, 3.05) is 26.2 Å². The maximum absolute atomic E-state index is 10.1. The zero-order valence-electron chi connectivity index (χ0n) is 12.6. The number of halogens is 1. The fourth-order valence-corrected chi connectivity index (χ4v) is 2.56. The molecule has 3 N–H and O–H groups in total. The first-order chi connectivity index (χ1) is 9.05. The molecule has 1 aliphatic heterocycles. The predicted molar refractivity (Wildman–Crippen MR) is 91.8 cm³/mol. The van der Waals surface area contributed by atoms with Gasteiger partial charge in [-0.25, -0.2) is 0 Å². The fraction of sp³-hybridized carbons (Fsp3) is 0.929. The van der Waals surface area contributed by atoms with Crippen LogP contribution in [0, 0.1) is 0 Å². The third kappa shape index (κ3) is 5.04. The number of hydrogen-bond donors (Lipinski definition) is 3. The van der Waals surface area contributed by atoms with Gasteiger partial charge < -0.3 is 20.5 Å². The number of guanidine groups is 1. The summed E-state index contributed by atoms with van der Waals surface area (Å²) in [5.41, 5.74) is -0.639. The Hall–Kier alpha value is -0.0800. The summed E-state index contributed by atoms with van der Waals surface area (Å²) in [4.78, 5) is 4.49. The molecule has 118 valence electrons. The van der Waals surface area contributed by atoms with Crippen molar-refractivity contribution in [2.45, 2.75) is 57.2 Å². The minimum Gasteiger partial charge on any atom is -0.388 e. The largest absolute Gasteiger partial charge is 0.388 e. The average Bonchev–Trinajstić information content (AvgIpc) is 2.78. The van der Waals surface area contributed by atoms with Crippen LogP contribution in [0.3, 0.4) is 0 Å². The van der Waals surface area contributed by atoms with Crippen molar-refractivity contribution in [3.8, 4) is 0 Å². The molecule has 2 rings (SSSR count). The summed E-state index contributed by atoms with van der Waals surface area (Å²) in [7, 11) is 0. The van der Waals surface area contributed by atoms with E-state index in [1.807, 2.05) is 6.92 Å². The van der Waals surface area contributed by atoms with Crippen molar-refractivity contribution in [1.82, 2.24) is 10.6 Å². The molecule has 0 spiro atoms. The molecule has 0 bridgehead atoms. The molecule has 1 heterocycles. The van der Waals surface area contributed by atoms with Crippen molar-refractivity contribution in [3.63, 3.8) is 0 Å². The van der Waals surface area contributed by atoms with E-state index in [2.05, 4.69) is 22.5 Å². The highest BCUT2D eigenvalue weighted by atomic mass is 127. The Balaban J connectivity index is 0.00000200. The van der Waals surface area contributed by atoms with Crippen LogP contribution in [0.5, 0.6) is 0 Å². The van der Waals surface area contributed by atoms with Gasteiger partial charge in [-0.1, -0.05) is 0 Å². The molecular formula is C14H28IN3O2. The Morgan fingerprint density at radius 1 is 1.25 bits per heavy atom. The van der Waals surface area contributed by atoms with Crippen LogP contribution in [-0.4, -0.2) is 48.5 Å². The van der Waals surface area contributed by atoms with Crippen LogP contribution in [0.4, 0.5) is 0 Å². The Labute approximate surface area is 139 Å². The number of ether oxygens (including phenoxy) is 1. The number of nitrogens with one attached hydrogen (secondary N) is 2. The molecule has 0 radical (unpaired) electrons. The summed E-state index contributed by atoms with van der Waals surface area (Å²) in [6.45, 7) is 7.10. The van der Waals surface area contributed by atoms with E-state index in [1.165, 1.54) is 0 Å². The van der Waals surface area contributed by atoms with E-state index in [4.69, 9.17) is 4.74 Å². The minimum atomic E-state index is -0.559. The molecule has 1 atom stereocenters. The smallest absolute Gasteiger partial charge is 0.191 e. The van der Waals surface area contributed by atoms with Gasteiger partial charge in [0, 0.05) is 19.7 Å². The van der Waals surface area contributed by atoms with E-state index >= 15 is 0 Å². The van der Waals surface area contributed by atoms with Crippen molar-refractivity contribution in [3.05, 3.63) is 0 Å². The number of aliphatic hydroxyl groups is 1. The normalized spacial score (nSPS) is 28.4. The summed E-state index contributed by atoms with van der Waals surface area (Å²) in [6.07, 6.45) is 5.07. The van der Waals surface area contributed by atoms with Gasteiger partial charge in [0.15, 0.2) is 5.96 Å². The fourth-order valence-electron chi connectivity index (χ4n) is 2.56. The molecule has 1 saturated heterocycles. The number of nitrogens with zero attached hydrogens (tertiary/aromatic N) is 1. The van der Waals surface area contributed by atoms with Gasteiger partial charge in [-0.15, -0.1) is 24.0 Å². The van der Waals surface area contributed by atoms with E-state index in [9.17, 15) is 5.11 Å². The Kier molecular flexibility index (Phi) is 7.00. The van der Waals surface area contributed by atoms with Gasteiger partial charge in [0.1, 0.15) is 0 Å². The first-order valence-corrected chi connectivity index (χ1v) is 7.44. The lowest BCUT2D eigenvalue weighted by Gasteiger charge is -2.35. The molecule has 0 aromatic rings. The predicted octanol–water partition coefficient (Wildman–Crippen LogP) is 1.64. The second kappa shape index (κ2) is 7.79. The molecule has 2 fully saturated rings. The first-order valence-electron chi connectivity index (χ1n) is 7.44. The molecule has 6 heteroatoms. The summed E-state index contributed by atoms with van der Waals surface area (Å²) in [5.74, 6) is 0.777. The third-order valence-corrected chi connectivity index (χ3v) is 4.09. The molecule has 0 amide bonds. The van der Waals surface area contributed by atoms with Gasteiger partial charge in [-0.2, -0.15) is 0 Å². The number of hydrogen-bond acceptors (Lipinski definition) is 3. The molecule has 1 saturated carbocycles. The van der Waals surface area contributed by atoms with Crippen LogP contribution < -0.4 is 10.6 Å². The van der Waals surface area contributed by atoms with Crippen LogP contribution >= 0.6 is 24.0 Å². The molecule has 0 aromatic heterocycles. The van der Waals surface area contributed by atoms with Crippen LogP contribution in [0.25, 0.3) is 0 Å². The summed E-state index contributed by atoms with van der Waals surface area (Å²) in [5, 5.41) is 16.6. The second-order valence-electron chi connectivity index (χ2n) is 6.03. The van der Waals surface area contributed by atoms with Gasteiger partial charge in [0.2, 0.25) is 0 Å². The molecule has 2 aliphatic rings. The lowest BCUT2D eigenvalue weighted by Crippen LogP contribution is -2.47. The lowest BCUT2D eigenvalue weighted by molar-refractivity contribution is -0.0236. The molecule has 1 aliphatic carbocycles. The standard InChI is InChI=1S/C14H27N3O2.HI/c1-3-15-12(17-11-14(18)7-4-8-14)16-10-13(2)6-5-9-19-13;/h18H,3-11H2,1-2H3,(H2,15,16,17);1H. The van der Waals surface area contributed by atoms with E-state index in [-0.39, 0.29) is 29.6 Å². The highest BCUT2D eigenvalue weighted by Crippen LogP contribution is 2.31. The van der Waals surface area contributed by atoms with Crippen molar-refractivity contribution in [1.29, 1.82) is 0 Å². The van der Waals surface area contributed by atoms with E-state index < -0.39 is 5.60 Å². The molecule has 0 aromatic carbocycles. The highest BCUT2D eigenvalue weighted by molar-refractivity contribution is 14.0. The van der Waals surface area contributed by atoms with Gasteiger partial charge in [0.05, 0.1) is 17.7 Å². The number of aliphatic imine (C=N–C) groups is 1. The first kappa shape index (κ1) is 18.0. The van der Waals surface area contributed by atoms with Crippen LogP contribution in [-0.2, 0) is 4.74 Å². The summed E-state index contributed by atoms with van der Waals surface area (Å²) in [6, 6.07) is 0. The van der Waals surface area contributed by atoms with E-state index in [0.717, 1.165) is 57.8 Å². The molecule has 1 unspecified atom stereocenters. The van der Waals surface area contributed by atoms with Crippen LogP contribution in [0.1, 0.15) is 46.0 Å². The molecular weight excluding hydrogens is 369 g/mol. The lowest BCUT2D eigenvalue weighted by atomic mass is 9.80. The number of rotatable bonds is 5. The zero-order valence-corrected chi connectivity index (χ0v) is 14.9. The Morgan fingerprint density at radius 2 is 2.00 bits per heavy atom. The Morgan fingerprint density at radius 3 is 2.50 bits per heavy atom. The SMILES string of the molecule is CCNC(=NCC1(O)CCC1)NCC1(C)CCCO1.I. The highest BCUT2D eigenvalue weighted by Gasteiger charge is 2.34. The minimum absolute atomic E-state index is 0. The van der Waals surface area contributed by atoms with Crippen molar-refractivity contribution >= 4 is 29.9 Å². The van der Waals surface area contributed by atoms with Gasteiger partial charge in [-0.05, 0) is 46.0 Å². The zero-order chi connectivity index (χ0) is 13.8.